The minimum atomic E-state index is -0.389. The van der Waals surface area contributed by atoms with Gasteiger partial charge in [-0.05, 0) is 61.5 Å². The zero-order chi connectivity index (χ0) is 23.4. The van der Waals surface area contributed by atoms with Crippen LogP contribution in [0.4, 0.5) is 11.4 Å². The number of rotatable bonds is 5. The number of thiocarbonyl (C=S) groups is 1. The van der Waals surface area contributed by atoms with E-state index in [2.05, 4.69) is 16.0 Å². The lowest BCUT2D eigenvalue weighted by molar-refractivity contribution is -0.120. The Morgan fingerprint density at radius 1 is 1.06 bits per heavy atom. The zero-order valence-electron chi connectivity index (χ0n) is 18.1. The van der Waals surface area contributed by atoms with Crippen LogP contribution in [0.1, 0.15) is 41.8 Å². The van der Waals surface area contributed by atoms with E-state index in [9.17, 15) is 9.59 Å². The molecule has 0 atom stereocenters. The first-order chi connectivity index (χ1) is 15.9. The van der Waals surface area contributed by atoms with Crippen LogP contribution >= 0.6 is 35.2 Å². The smallest absolute Gasteiger partial charge is 0.269 e. The summed E-state index contributed by atoms with van der Waals surface area (Å²) in [5, 5.41) is 9.97. The first-order valence-electron chi connectivity index (χ1n) is 10.7. The van der Waals surface area contributed by atoms with Crippen LogP contribution in [0, 0.1) is 5.92 Å². The number of hydrogen-bond donors (Lipinski definition) is 3. The summed E-state index contributed by atoms with van der Waals surface area (Å²) in [5.41, 5.74) is 1.35. The van der Waals surface area contributed by atoms with Gasteiger partial charge in [0, 0.05) is 27.4 Å². The molecule has 0 aliphatic heterocycles. The van der Waals surface area contributed by atoms with E-state index in [1.54, 1.807) is 19.2 Å². The molecule has 0 unspecified atom stereocenters. The minimum absolute atomic E-state index is 0.0544. The summed E-state index contributed by atoms with van der Waals surface area (Å²) < 4.78 is 6.09. The van der Waals surface area contributed by atoms with E-state index in [4.69, 9.17) is 28.6 Å². The third-order valence-corrected chi connectivity index (χ3v) is 7.49. The van der Waals surface area contributed by atoms with E-state index < -0.39 is 0 Å². The van der Waals surface area contributed by atoms with Gasteiger partial charge < -0.3 is 15.4 Å². The molecule has 172 valence electrons. The normalized spacial score (nSPS) is 14.0. The fourth-order valence-corrected chi connectivity index (χ4v) is 5.58. The van der Waals surface area contributed by atoms with Crippen molar-refractivity contribution in [1.29, 1.82) is 0 Å². The number of methoxy groups -OCH3 is 1. The molecule has 6 nitrogen and oxygen atoms in total. The Morgan fingerprint density at radius 2 is 1.79 bits per heavy atom. The molecule has 4 rings (SSSR count). The molecule has 1 aromatic heterocycles. The molecule has 0 radical (unpaired) electrons. The Hall–Kier alpha value is -2.68. The molecule has 0 spiro atoms. The van der Waals surface area contributed by atoms with Crippen molar-refractivity contribution in [2.75, 3.05) is 17.7 Å². The summed E-state index contributed by atoms with van der Waals surface area (Å²) in [7, 11) is 1.59. The van der Waals surface area contributed by atoms with Gasteiger partial charge in [-0.15, -0.1) is 11.3 Å². The molecule has 2 amide bonds. The molecule has 3 aromatic rings. The average Bonchev–Trinajstić information content (AvgIpc) is 3.15. The van der Waals surface area contributed by atoms with Crippen LogP contribution < -0.4 is 20.7 Å². The number of hydrogen-bond acceptors (Lipinski definition) is 5. The number of halogens is 1. The maximum absolute atomic E-state index is 12.8. The van der Waals surface area contributed by atoms with E-state index >= 15 is 0 Å². The van der Waals surface area contributed by atoms with Gasteiger partial charge in [0.25, 0.3) is 5.91 Å². The lowest BCUT2D eigenvalue weighted by Gasteiger charge is -2.21. The molecule has 0 bridgehead atoms. The largest absolute Gasteiger partial charge is 0.497 e. The molecule has 1 aliphatic carbocycles. The SMILES string of the molecule is COc1ccc2c(Cl)c(C(=O)NC(=S)Nc3cccc(NC(=O)C4CCCCC4)c3)sc2c1. The highest BCUT2D eigenvalue weighted by Crippen LogP contribution is 2.37. The zero-order valence-corrected chi connectivity index (χ0v) is 20.5. The Balaban J connectivity index is 1.39. The van der Waals surface area contributed by atoms with Crippen molar-refractivity contribution >= 4 is 73.5 Å². The Kier molecular flexibility index (Phi) is 7.47. The lowest BCUT2D eigenvalue weighted by Crippen LogP contribution is -2.33. The standard InChI is InChI=1S/C24H24ClN3O3S2/c1-31-17-10-11-18-19(13-17)33-21(20(18)25)23(30)28-24(32)27-16-9-5-8-15(12-16)26-22(29)14-6-3-2-4-7-14/h5,8-14H,2-4,6-7H2,1H3,(H,26,29)(H2,27,28,30,32). The average molecular weight is 502 g/mol. The Labute approximate surface area is 206 Å². The van der Waals surface area contributed by atoms with Gasteiger partial charge in [-0.1, -0.05) is 36.9 Å². The summed E-state index contributed by atoms with van der Waals surface area (Å²) in [5.74, 6) is 0.431. The number of fused-ring (bicyclic) bond motifs is 1. The van der Waals surface area contributed by atoms with Crippen molar-refractivity contribution in [3.8, 4) is 5.75 Å². The number of nitrogens with one attached hydrogen (secondary N) is 3. The van der Waals surface area contributed by atoms with Crippen molar-refractivity contribution in [1.82, 2.24) is 5.32 Å². The van der Waals surface area contributed by atoms with Crippen LogP contribution in [0.2, 0.25) is 5.02 Å². The molecule has 33 heavy (non-hydrogen) atoms. The summed E-state index contributed by atoms with van der Waals surface area (Å²) in [6.07, 6.45) is 5.28. The van der Waals surface area contributed by atoms with Crippen LogP contribution in [0.3, 0.4) is 0 Å². The van der Waals surface area contributed by atoms with Gasteiger partial charge in [0.2, 0.25) is 5.91 Å². The summed E-state index contributed by atoms with van der Waals surface area (Å²) >= 11 is 13.0. The minimum Gasteiger partial charge on any atom is -0.497 e. The molecule has 1 aliphatic rings. The van der Waals surface area contributed by atoms with Crippen molar-refractivity contribution in [3.05, 3.63) is 52.4 Å². The van der Waals surface area contributed by atoms with E-state index in [0.29, 0.717) is 27.0 Å². The number of amides is 2. The van der Waals surface area contributed by atoms with Crippen LogP contribution in [0.15, 0.2) is 42.5 Å². The predicted octanol–water partition coefficient (Wildman–Crippen LogP) is 6.21. The van der Waals surface area contributed by atoms with Gasteiger partial charge in [0.1, 0.15) is 10.6 Å². The number of carbonyl (C=O) groups excluding carboxylic acids is 2. The number of ether oxygens (including phenoxy) is 1. The van der Waals surface area contributed by atoms with Crippen molar-refractivity contribution < 1.29 is 14.3 Å². The molecule has 1 heterocycles. The molecule has 2 aromatic carbocycles. The van der Waals surface area contributed by atoms with Crippen LogP contribution in [-0.4, -0.2) is 24.0 Å². The Morgan fingerprint density at radius 3 is 2.52 bits per heavy atom. The molecule has 1 fully saturated rings. The third kappa shape index (κ3) is 5.63. The topological polar surface area (TPSA) is 79.5 Å². The Bertz CT molecular complexity index is 1200. The first kappa shape index (κ1) is 23.5. The van der Waals surface area contributed by atoms with Gasteiger partial charge in [0.05, 0.1) is 12.1 Å². The van der Waals surface area contributed by atoms with Crippen LogP contribution in [0.5, 0.6) is 5.75 Å². The van der Waals surface area contributed by atoms with Gasteiger partial charge >= 0.3 is 0 Å². The maximum Gasteiger partial charge on any atom is 0.269 e. The number of thiophene rings is 1. The molecular weight excluding hydrogens is 478 g/mol. The fourth-order valence-electron chi connectivity index (χ4n) is 3.92. The van der Waals surface area contributed by atoms with E-state index in [1.807, 2.05) is 30.3 Å². The second-order valence-electron chi connectivity index (χ2n) is 7.92. The van der Waals surface area contributed by atoms with Crippen LogP contribution in [0.25, 0.3) is 10.1 Å². The quantitative estimate of drug-likeness (QED) is 0.362. The number of carbonyl (C=O) groups is 2. The van der Waals surface area contributed by atoms with Crippen LogP contribution in [-0.2, 0) is 4.79 Å². The molecule has 9 heteroatoms. The maximum atomic E-state index is 12.8. The lowest BCUT2D eigenvalue weighted by atomic mass is 9.88. The molecular formula is C24H24ClN3O3S2. The summed E-state index contributed by atoms with van der Waals surface area (Å²) in [6.45, 7) is 0. The highest BCUT2D eigenvalue weighted by atomic mass is 35.5. The molecule has 0 saturated heterocycles. The highest BCUT2D eigenvalue weighted by molar-refractivity contribution is 7.80. The van der Waals surface area contributed by atoms with E-state index in [0.717, 1.165) is 35.8 Å². The first-order valence-corrected chi connectivity index (χ1v) is 12.3. The number of anilines is 2. The summed E-state index contributed by atoms with van der Waals surface area (Å²) in [4.78, 5) is 25.7. The second-order valence-corrected chi connectivity index (χ2v) is 9.76. The van der Waals surface area contributed by atoms with E-state index in [-0.39, 0.29) is 22.8 Å². The van der Waals surface area contributed by atoms with Crippen molar-refractivity contribution in [3.63, 3.8) is 0 Å². The third-order valence-electron chi connectivity index (χ3n) is 5.63. The predicted molar refractivity (Wildman–Crippen MR) is 139 cm³/mol. The van der Waals surface area contributed by atoms with Gasteiger partial charge in [-0.3, -0.25) is 14.9 Å². The fraction of sp³-hybridized carbons (Fsp3) is 0.292. The number of benzene rings is 2. The molecule has 1 saturated carbocycles. The van der Waals surface area contributed by atoms with Crippen molar-refractivity contribution in [2.45, 2.75) is 32.1 Å². The molecule has 3 N–H and O–H groups in total. The summed E-state index contributed by atoms with van der Waals surface area (Å²) in [6, 6.07) is 12.7. The van der Waals surface area contributed by atoms with Gasteiger partial charge in [-0.25, -0.2) is 0 Å². The monoisotopic (exact) mass is 501 g/mol. The highest BCUT2D eigenvalue weighted by Gasteiger charge is 2.21. The van der Waals surface area contributed by atoms with Gasteiger partial charge in [0.15, 0.2) is 5.11 Å². The van der Waals surface area contributed by atoms with E-state index in [1.165, 1.54) is 17.8 Å². The van der Waals surface area contributed by atoms with Gasteiger partial charge in [-0.2, -0.15) is 0 Å². The second kappa shape index (κ2) is 10.5. The van der Waals surface area contributed by atoms with Crippen molar-refractivity contribution in [2.24, 2.45) is 5.92 Å².